The maximum atomic E-state index is 12.2. The van der Waals surface area contributed by atoms with Crippen LogP contribution in [0.3, 0.4) is 0 Å². The molecule has 6 heteroatoms. The van der Waals surface area contributed by atoms with E-state index in [0.717, 1.165) is 11.1 Å². The third-order valence-corrected chi connectivity index (χ3v) is 5.04. The molecule has 0 amide bonds. The molecule has 0 saturated heterocycles. The predicted octanol–water partition coefficient (Wildman–Crippen LogP) is 5.68. The second-order valence-electron chi connectivity index (χ2n) is 8.69. The van der Waals surface area contributed by atoms with Gasteiger partial charge < -0.3 is 9.63 Å². The van der Waals surface area contributed by atoms with Gasteiger partial charge in [-0.3, -0.25) is 9.42 Å². The molecule has 2 rings (SSSR count). The Bertz CT molecular complexity index is 797. The molecule has 0 heterocycles. The Balaban J connectivity index is 2.29. The number of hydrogen-bond acceptors (Lipinski definition) is 4. The molecule has 5 nitrogen and oxygen atoms in total. The number of phenols is 1. The molecule has 0 aliphatic heterocycles. The zero-order chi connectivity index (χ0) is 20.5. The molecule has 2 N–H and O–H groups in total. The van der Waals surface area contributed by atoms with Gasteiger partial charge in [0.15, 0.2) is 0 Å². The number of phosphoric acid groups is 1. The van der Waals surface area contributed by atoms with Crippen LogP contribution in [0.5, 0.6) is 11.5 Å². The Labute approximate surface area is 161 Å². The first kappa shape index (κ1) is 21.5. The van der Waals surface area contributed by atoms with Crippen LogP contribution in [0.15, 0.2) is 42.5 Å². The predicted molar refractivity (Wildman–Crippen MR) is 107 cm³/mol. The van der Waals surface area contributed by atoms with Crippen LogP contribution in [-0.4, -0.2) is 10.00 Å². The summed E-state index contributed by atoms with van der Waals surface area (Å²) in [5, 5.41) is 10.7. The number of para-hydroxylation sites is 1. The Morgan fingerprint density at radius 2 is 1.41 bits per heavy atom. The Morgan fingerprint density at radius 3 is 1.85 bits per heavy atom. The summed E-state index contributed by atoms with van der Waals surface area (Å²) < 4.78 is 22.5. The number of benzene rings is 2. The zero-order valence-electron chi connectivity index (χ0n) is 16.8. The summed E-state index contributed by atoms with van der Waals surface area (Å²) >= 11 is 0. The van der Waals surface area contributed by atoms with Crippen LogP contribution in [0, 0.1) is 0 Å². The van der Waals surface area contributed by atoms with E-state index in [1.54, 1.807) is 30.3 Å². The van der Waals surface area contributed by atoms with Crippen LogP contribution in [0.25, 0.3) is 0 Å². The number of phenolic OH excluding ortho intramolecular Hbond substituents is 1. The van der Waals surface area contributed by atoms with Crippen molar-refractivity contribution < 1.29 is 23.6 Å². The minimum absolute atomic E-state index is 0.104. The van der Waals surface area contributed by atoms with Crippen molar-refractivity contribution in [3.05, 3.63) is 59.2 Å². The molecule has 0 aliphatic rings. The van der Waals surface area contributed by atoms with Gasteiger partial charge in [-0.1, -0.05) is 59.7 Å². The minimum atomic E-state index is -4.27. The number of rotatable bonds is 5. The Kier molecular flexibility index (Phi) is 6.10. The SMILES string of the molecule is CC(C)(C)c1cc(COP(=O)(O)Oc2ccccc2)cc(C(C)(C)C)c1O. The number of aromatic hydroxyl groups is 1. The average molecular weight is 392 g/mol. The monoisotopic (exact) mass is 392 g/mol. The summed E-state index contributed by atoms with van der Waals surface area (Å²) in [5.41, 5.74) is 1.66. The van der Waals surface area contributed by atoms with Crippen molar-refractivity contribution in [3.8, 4) is 11.5 Å². The van der Waals surface area contributed by atoms with Crippen molar-refractivity contribution in [2.75, 3.05) is 0 Å². The Morgan fingerprint density at radius 1 is 0.926 bits per heavy atom. The molecular weight excluding hydrogens is 363 g/mol. The van der Waals surface area contributed by atoms with E-state index in [0.29, 0.717) is 5.56 Å². The molecule has 2 aromatic carbocycles. The molecule has 0 spiro atoms. The highest BCUT2D eigenvalue weighted by Gasteiger charge is 2.28. The molecule has 0 fully saturated rings. The van der Waals surface area contributed by atoms with Crippen LogP contribution < -0.4 is 4.52 Å². The van der Waals surface area contributed by atoms with Gasteiger partial charge in [-0.15, -0.1) is 0 Å². The van der Waals surface area contributed by atoms with Crippen molar-refractivity contribution >= 4 is 7.82 Å². The van der Waals surface area contributed by atoms with E-state index in [-0.39, 0.29) is 28.9 Å². The lowest BCUT2D eigenvalue weighted by molar-refractivity contribution is 0.195. The third kappa shape index (κ3) is 5.83. The van der Waals surface area contributed by atoms with Gasteiger partial charge >= 0.3 is 7.82 Å². The van der Waals surface area contributed by atoms with Crippen molar-refractivity contribution in [3.63, 3.8) is 0 Å². The zero-order valence-corrected chi connectivity index (χ0v) is 17.7. The second kappa shape index (κ2) is 7.67. The molecule has 1 atom stereocenters. The molecule has 1 unspecified atom stereocenters. The second-order valence-corrected chi connectivity index (χ2v) is 10.1. The van der Waals surface area contributed by atoms with E-state index in [1.165, 1.54) is 0 Å². The largest absolute Gasteiger partial charge is 0.527 e. The maximum absolute atomic E-state index is 12.2. The molecule has 0 aliphatic carbocycles. The first-order chi connectivity index (χ1) is 12.3. The van der Waals surface area contributed by atoms with E-state index in [2.05, 4.69) is 0 Å². The maximum Gasteiger partial charge on any atom is 0.527 e. The van der Waals surface area contributed by atoms with Crippen molar-refractivity contribution in [1.82, 2.24) is 0 Å². The summed E-state index contributed by atoms with van der Waals surface area (Å²) in [6.45, 7) is 11.9. The molecule has 148 valence electrons. The summed E-state index contributed by atoms with van der Waals surface area (Å²) in [7, 11) is -4.27. The van der Waals surface area contributed by atoms with E-state index in [4.69, 9.17) is 9.05 Å². The van der Waals surface area contributed by atoms with E-state index in [9.17, 15) is 14.6 Å². The number of phosphoric ester groups is 1. The van der Waals surface area contributed by atoms with Crippen LogP contribution in [0.2, 0.25) is 0 Å². The van der Waals surface area contributed by atoms with Crippen molar-refractivity contribution in [2.45, 2.75) is 59.0 Å². The normalized spacial score (nSPS) is 14.6. The molecule has 2 aromatic rings. The molecule has 27 heavy (non-hydrogen) atoms. The van der Waals surface area contributed by atoms with Gasteiger partial charge in [0.1, 0.15) is 11.5 Å². The van der Waals surface area contributed by atoms with Gasteiger partial charge in [-0.05, 0) is 51.8 Å². The van der Waals surface area contributed by atoms with Crippen LogP contribution in [0.1, 0.15) is 58.2 Å². The fraction of sp³-hybridized carbons (Fsp3) is 0.429. The highest BCUT2D eigenvalue weighted by atomic mass is 31.2. The lowest BCUT2D eigenvalue weighted by Crippen LogP contribution is -2.18. The summed E-state index contributed by atoms with van der Waals surface area (Å²) in [6, 6.07) is 12.0. The van der Waals surface area contributed by atoms with Crippen molar-refractivity contribution in [2.24, 2.45) is 0 Å². The van der Waals surface area contributed by atoms with Gasteiger partial charge in [-0.25, -0.2) is 4.57 Å². The van der Waals surface area contributed by atoms with Crippen molar-refractivity contribution in [1.29, 1.82) is 0 Å². The highest BCUT2D eigenvalue weighted by molar-refractivity contribution is 7.47. The van der Waals surface area contributed by atoms with E-state index < -0.39 is 7.82 Å². The standard InChI is InChI=1S/C21H29O5P/c1-20(2,3)17-12-15(13-18(19(17)22)21(4,5)6)14-25-27(23,24)26-16-10-8-7-9-11-16/h7-13,22H,14H2,1-6H3,(H,23,24). The molecule has 0 bridgehead atoms. The summed E-state index contributed by atoms with van der Waals surface area (Å²) in [5.74, 6) is 0.520. The molecule has 0 aromatic heterocycles. The minimum Gasteiger partial charge on any atom is -0.507 e. The molecule has 0 radical (unpaired) electrons. The van der Waals surface area contributed by atoms with Gasteiger partial charge in [-0.2, -0.15) is 0 Å². The van der Waals surface area contributed by atoms with Crippen LogP contribution in [-0.2, 0) is 26.5 Å². The quantitative estimate of drug-likeness (QED) is 0.640. The topological polar surface area (TPSA) is 76.0 Å². The van der Waals surface area contributed by atoms with Gasteiger partial charge in [0.05, 0.1) is 6.61 Å². The average Bonchev–Trinajstić information content (AvgIpc) is 2.52. The first-order valence-corrected chi connectivity index (χ1v) is 10.4. The lowest BCUT2D eigenvalue weighted by Gasteiger charge is -2.28. The van der Waals surface area contributed by atoms with Gasteiger partial charge in [0.25, 0.3) is 0 Å². The molecule has 0 saturated carbocycles. The Hall–Kier alpha value is -1.81. The first-order valence-electron chi connectivity index (χ1n) is 8.88. The lowest BCUT2D eigenvalue weighted by atomic mass is 9.78. The van der Waals surface area contributed by atoms with Crippen LogP contribution >= 0.6 is 7.82 Å². The number of hydrogen-bond donors (Lipinski definition) is 2. The van der Waals surface area contributed by atoms with E-state index >= 15 is 0 Å². The summed E-state index contributed by atoms with van der Waals surface area (Å²) in [4.78, 5) is 10.0. The molecular formula is C21H29O5P. The highest BCUT2D eigenvalue weighted by Crippen LogP contribution is 2.45. The third-order valence-electron chi connectivity index (χ3n) is 4.14. The van der Waals surface area contributed by atoms with E-state index in [1.807, 2.05) is 53.7 Å². The fourth-order valence-corrected chi connectivity index (χ4v) is 3.47. The van der Waals surface area contributed by atoms with Gasteiger partial charge in [0.2, 0.25) is 0 Å². The summed E-state index contributed by atoms with van der Waals surface area (Å²) in [6.07, 6.45) is 0. The fourth-order valence-electron chi connectivity index (χ4n) is 2.72. The smallest absolute Gasteiger partial charge is 0.507 e. The van der Waals surface area contributed by atoms with Gasteiger partial charge in [0, 0.05) is 0 Å². The van der Waals surface area contributed by atoms with Crippen LogP contribution in [0.4, 0.5) is 0 Å².